The fourth-order valence-electron chi connectivity index (χ4n) is 5.45. The van der Waals surface area contributed by atoms with Crippen molar-refractivity contribution in [2.45, 2.75) is 50.7 Å². The maximum Gasteiger partial charge on any atom is 0.534 e. The molecular formula is C38H50N6O22. The summed E-state index contributed by atoms with van der Waals surface area (Å²) in [5, 5.41) is 23.2. The zero-order valence-corrected chi connectivity index (χ0v) is 35.5. The van der Waals surface area contributed by atoms with E-state index in [0.717, 1.165) is 34.1 Å². The number of ether oxygens (including phenoxy) is 6. The number of carbonyl (C=O) groups excluding carboxylic acids is 12. The highest BCUT2D eigenvalue weighted by Gasteiger charge is 2.34. The van der Waals surface area contributed by atoms with E-state index in [-0.39, 0.29) is 137 Å². The first-order valence-electron chi connectivity index (χ1n) is 20.2. The predicted molar refractivity (Wildman–Crippen MR) is 209 cm³/mol. The van der Waals surface area contributed by atoms with Gasteiger partial charge in [-0.2, -0.15) is 0 Å². The van der Waals surface area contributed by atoms with E-state index in [1.54, 1.807) is 0 Å². The molecule has 2 saturated heterocycles. The van der Waals surface area contributed by atoms with E-state index in [2.05, 4.69) is 20.3 Å². The Morgan fingerprint density at radius 3 is 1.27 bits per heavy atom. The third-order valence-corrected chi connectivity index (χ3v) is 8.72. The zero-order chi connectivity index (χ0) is 48.4. The second kappa shape index (κ2) is 28.9. The van der Waals surface area contributed by atoms with Crippen molar-refractivity contribution in [1.29, 1.82) is 0 Å². The van der Waals surface area contributed by atoms with Gasteiger partial charge in [0, 0.05) is 89.0 Å². The van der Waals surface area contributed by atoms with Crippen LogP contribution in [0.15, 0.2) is 24.3 Å². The molecule has 4 N–H and O–H groups in total. The van der Waals surface area contributed by atoms with Crippen molar-refractivity contribution in [1.82, 2.24) is 30.6 Å². The van der Waals surface area contributed by atoms with E-state index in [1.165, 1.54) is 0 Å². The van der Waals surface area contributed by atoms with Crippen LogP contribution in [0.25, 0.3) is 0 Å². The van der Waals surface area contributed by atoms with Crippen molar-refractivity contribution in [3.05, 3.63) is 24.3 Å². The van der Waals surface area contributed by atoms with Crippen LogP contribution >= 0.6 is 0 Å². The number of hydrogen-bond donors (Lipinski definition) is 4. The first kappa shape index (κ1) is 53.6. The van der Waals surface area contributed by atoms with E-state index in [0.29, 0.717) is 10.1 Å². The molecule has 0 saturated carbocycles. The summed E-state index contributed by atoms with van der Waals surface area (Å²) in [5.41, 5.74) is 0. The molecule has 28 heteroatoms. The van der Waals surface area contributed by atoms with Crippen molar-refractivity contribution in [2.24, 2.45) is 0 Å². The van der Waals surface area contributed by atoms with Gasteiger partial charge >= 0.3 is 12.3 Å². The molecule has 4 rings (SSSR count). The zero-order valence-electron chi connectivity index (χ0n) is 35.5. The van der Waals surface area contributed by atoms with Gasteiger partial charge in [0.2, 0.25) is 11.8 Å². The monoisotopic (exact) mass is 942 g/mol. The van der Waals surface area contributed by atoms with Crippen molar-refractivity contribution in [2.75, 3.05) is 92.2 Å². The number of aliphatic hydroxyl groups excluding tert-OH is 2. The number of hydrogen-bond acceptors (Lipinski definition) is 22. The summed E-state index contributed by atoms with van der Waals surface area (Å²) in [7, 11) is 0. The maximum absolute atomic E-state index is 12.2. The summed E-state index contributed by atoms with van der Waals surface area (Å²) in [4.78, 5) is 150. The molecule has 2 fully saturated rings. The van der Waals surface area contributed by atoms with Crippen LogP contribution in [0.5, 0.6) is 0 Å². The van der Waals surface area contributed by atoms with Gasteiger partial charge < -0.3 is 49.3 Å². The molecule has 4 heterocycles. The standard InChI is InChI=1S/C24H28N4O15.C14H22N2O7/c29-16(7-8-26-17(30)1-2-18(26)31)25-13-15(39-11-12-41-24(37)43-28-21(34)5-6-22(28)35)14-38-9-10-40-23(36)42-27-19(32)3-4-20(27)33;17-5-7-22-10-11(23-8-6-18)9-15-12(19)3-4-16-13(20)1-2-14(16)21/h1-2,15H,3-14H2,(H,25,29);1-2,11,17-18H,3-10H2,(H,15,19). The number of amides is 10. The quantitative estimate of drug-likeness (QED) is 0.0330. The molecule has 4 aliphatic rings. The van der Waals surface area contributed by atoms with Gasteiger partial charge in [0.25, 0.3) is 47.3 Å². The Kier molecular flexibility index (Phi) is 23.5. The summed E-state index contributed by atoms with van der Waals surface area (Å²) >= 11 is 0. The van der Waals surface area contributed by atoms with Crippen LogP contribution in [0.2, 0.25) is 0 Å². The van der Waals surface area contributed by atoms with Crippen LogP contribution in [0.1, 0.15) is 38.5 Å². The minimum absolute atomic E-state index is 0.0105. The molecule has 10 amide bonds. The second-order valence-corrected chi connectivity index (χ2v) is 13.6. The summed E-state index contributed by atoms with van der Waals surface area (Å²) in [6.07, 6.45) is 0.0709. The molecule has 4 aliphatic heterocycles. The van der Waals surface area contributed by atoms with Crippen molar-refractivity contribution >= 4 is 71.4 Å². The molecule has 2 unspecified atom stereocenters. The number of nitrogens with one attached hydrogen (secondary N) is 2. The Morgan fingerprint density at radius 2 is 0.879 bits per heavy atom. The Hall–Kier alpha value is -6.72. The van der Waals surface area contributed by atoms with Crippen molar-refractivity contribution in [3.8, 4) is 0 Å². The molecule has 0 spiro atoms. The smallest absolute Gasteiger partial charge is 0.430 e. The number of rotatable bonds is 28. The van der Waals surface area contributed by atoms with E-state index in [9.17, 15) is 57.5 Å². The SMILES string of the molecule is O=C(CCN1C(=O)C=CC1=O)NCC(COCCO)OCCO.O=C(CCN1C(=O)C=CC1=O)NCC(COCCOC(=O)ON1C(=O)CCC1=O)OCCOC(=O)ON1C(=O)CCC1=O. The van der Waals surface area contributed by atoms with Crippen LogP contribution in [0, 0.1) is 0 Å². The van der Waals surface area contributed by atoms with Gasteiger partial charge in [0.1, 0.15) is 13.2 Å². The first-order chi connectivity index (χ1) is 31.6. The summed E-state index contributed by atoms with van der Waals surface area (Å²) in [6.45, 7) is -1.24. The number of carbonyl (C=O) groups is 12. The van der Waals surface area contributed by atoms with Gasteiger partial charge in [-0.15, -0.1) is 0 Å². The lowest BCUT2D eigenvalue weighted by Gasteiger charge is -2.20. The van der Waals surface area contributed by atoms with Gasteiger partial charge in [-0.3, -0.25) is 67.4 Å². The lowest BCUT2D eigenvalue weighted by atomic mass is 10.3. The molecule has 2 atom stereocenters. The van der Waals surface area contributed by atoms with Gasteiger partial charge in [0.15, 0.2) is 0 Å². The summed E-state index contributed by atoms with van der Waals surface area (Å²) in [5.74, 6) is -5.49. The first-order valence-corrected chi connectivity index (χ1v) is 20.2. The highest BCUT2D eigenvalue weighted by Crippen LogP contribution is 2.14. The molecule has 0 radical (unpaired) electrons. The minimum Gasteiger partial charge on any atom is -0.430 e. The van der Waals surface area contributed by atoms with E-state index < -0.39 is 77.7 Å². The highest BCUT2D eigenvalue weighted by atomic mass is 16.8. The fourth-order valence-corrected chi connectivity index (χ4v) is 5.45. The topological polar surface area (TPSA) is 356 Å². The second-order valence-electron chi connectivity index (χ2n) is 13.6. The van der Waals surface area contributed by atoms with Gasteiger partial charge in [-0.1, -0.05) is 10.1 Å². The molecule has 66 heavy (non-hydrogen) atoms. The Balaban J connectivity index is 0.000000424. The van der Waals surface area contributed by atoms with Gasteiger partial charge in [-0.25, -0.2) is 9.59 Å². The maximum atomic E-state index is 12.2. The van der Waals surface area contributed by atoms with Gasteiger partial charge in [0.05, 0.1) is 65.1 Å². The van der Waals surface area contributed by atoms with E-state index in [1.807, 2.05) is 0 Å². The summed E-state index contributed by atoms with van der Waals surface area (Å²) < 4.78 is 30.9. The largest absolute Gasteiger partial charge is 0.534 e. The molecule has 364 valence electrons. The fraction of sp³-hybridized carbons (Fsp3) is 0.579. The van der Waals surface area contributed by atoms with Crippen LogP contribution in [0.4, 0.5) is 9.59 Å². The minimum atomic E-state index is -1.31. The van der Waals surface area contributed by atoms with Crippen LogP contribution in [0.3, 0.4) is 0 Å². The van der Waals surface area contributed by atoms with E-state index in [4.69, 9.17) is 38.6 Å². The average molecular weight is 943 g/mol. The number of nitrogens with zero attached hydrogens (tertiary/aromatic N) is 4. The number of hydroxylamine groups is 4. The van der Waals surface area contributed by atoms with Crippen LogP contribution in [-0.2, 0) is 86.0 Å². The normalized spacial score (nSPS) is 16.5. The molecule has 0 aliphatic carbocycles. The molecule has 0 aromatic carbocycles. The Labute approximate surface area is 374 Å². The Bertz CT molecular complexity index is 1790. The predicted octanol–water partition coefficient (Wildman–Crippen LogP) is -3.94. The van der Waals surface area contributed by atoms with Gasteiger partial charge in [-0.05, 0) is 0 Å². The molecule has 0 bridgehead atoms. The lowest BCUT2D eigenvalue weighted by molar-refractivity contribution is -0.178. The average Bonchev–Trinajstić information content (AvgIpc) is 4.00. The number of aliphatic hydroxyl groups is 2. The molecular weight excluding hydrogens is 892 g/mol. The Morgan fingerprint density at radius 1 is 0.515 bits per heavy atom. The third kappa shape index (κ3) is 19.2. The van der Waals surface area contributed by atoms with Crippen LogP contribution in [-0.4, -0.2) is 206 Å². The van der Waals surface area contributed by atoms with Crippen molar-refractivity contribution in [3.63, 3.8) is 0 Å². The molecule has 0 aromatic rings. The van der Waals surface area contributed by atoms with Crippen LogP contribution < -0.4 is 10.6 Å². The molecule has 0 aromatic heterocycles. The third-order valence-electron chi connectivity index (χ3n) is 8.72. The molecule has 28 nitrogen and oxygen atoms in total. The number of imide groups is 4. The lowest BCUT2D eigenvalue weighted by Crippen LogP contribution is -2.39. The van der Waals surface area contributed by atoms with Crippen molar-refractivity contribution < 1.29 is 106 Å². The highest BCUT2D eigenvalue weighted by molar-refractivity contribution is 6.13. The van der Waals surface area contributed by atoms with E-state index >= 15 is 0 Å². The summed E-state index contributed by atoms with van der Waals surface area (Å²) in [6, 6.07) is 0.